The van der Waals surface area contributed by atoms with Gasteiger partial charge in [0.1, 0.15) is 12.4 Å². The molecule has 0 aliphatic heterocycles. The molecule has 1 aromatic carbocycles. The number of esters is 1. The summed E-state index contributed by atoms with van der Waals surface area (Å²) < 4.78 is 9.97. The van der Waals surface area contributed by atoms with Gasteiger partial charge in [-0.2, -0.15) is 0 Å². The van der Waals surface area contributed by atoms with Crippen molar-refractivity contribution >= 4 is 17.6 Å². The smallest absolute Gasteiger partial charge is 0.311 e. The predicted molar refractivity (Wildman–Crippen MR) is 58.1 cm³/mol. The second-order valence-corrected chi connectivity index (χ2v) is 3.63. The minimum absolute atomic E-state index is 0.273. The zero-order chi connectivity index (χ0) is 11.3. The summed E-state index contributed by atoms with van der Waals surface area (Å²) in [7, 11) is 1.36. The Balaban J connectivity index is 2.43. The van der Waals surface area contributed by atoms with Gasteiger partial charge in [0.05, 0.1) is 13.0 Å². The summed E-state index contributed by atoms with van der Waals surface area (Å²) in [6.45, 7) is 2.05. The third-order valence-corrected chi connectivity index (χ3v) is 2.17. The lowest BCUT2D eigenvalue weighted by Crippen LogP contribution is -2.19. The fourth-order valence-corrected chi connectivity index (χ4v) is 1.15. The number of ether oxygens (including phenoxy) is 2. The molecule has 0 amide bonds. The predicted octanol–water partition coefficient (Wildman–Crippen LogP) is 2.53. The molecule has 1 atom stereocenters. The molecule has 1 aromatic rings. The van der Waals surface area contributed by atoms with Crippen LogP contribution in [-0.4, -0.2) is 19.7 Å². The maximum absolute atomic E-state index is 11.1. The molecule has 4 heteroatoms. The van der Waals surface area contributed by atoms with Crippen molar-refractivity contribution in [3.63, 3.8) is 0 Å². The van der Waals surface area contributed by atoms with Gasteiger partial charge in [0.2, 0.25) is 0 Å². The minimum atomic E-state index is -0.274. The number of benzene rings is 1. The van der Waals surface area contributed by atoms with Gasteiger partial charge in [-0.05, 0) is 31.2 Å². The number of halogens is 1. The number of hydrogen-bond donors (Lipinski definition) is 0. The van der Waals surface area contributed by atoms with Crippen LogP contribution in [0.5, 0.6) is 5.75 Å². The number of hydrogen-bond acceptors (Lipinski definition) is 3. The molecule has 1 rings (SSSR count). The van der Waals surface area contributed by atoms with Crippen LogP contribution in [0.25, 0.3) is 0 Å². The average Bonchev–Trinajstić information content (AvgIpc) is 2.26. The first-order chi connectivity index (χ1) is 7.13. The van der Waals surface area contributed by atoms with E-state index < -0.39 is 0 Å². The Kier molecular flexibility index (Phi) is 4.43. The fraction of sp³-hybridized carbons (Fsp3) is 0.364. The molecule has 0 aromatic heterocycles. The number of carbonyl (C=O) groups excluding carboxylic acids is 1. The number of rotatable bonds is 4. The maximum atomic E-state index is 11.1. The summed E-state index contributed by atoms with van der Waals surface area (Å²) in [6, 6.07) is 6.98. The Hall–Kier alpha value is -1.22. The van der Waals surface area contributed by atoms with Crippen molar-refractivity contribution in [2.75, 3.05) is 13.7 Å². The molecule has 0 heterocycles. The van der Waals surface area contributed by atoms with E-state index in [1.165, 1.54) is 7.11 Å². The second-order valence-electron chi connectivity index (χ2n) is 3.19. The van der Waals surface area contributed by atoms with Crippen LogP contribution in [0.2, 0.25) is 5.02 Å². The topological polar surface area (TPSA) is 35.5 Å². The Labute approximate surface area is 93.9 Å². The van der Waals surface area contributed by atoms with Crippen LogP contribution in [-0.2, 0) is 9.53 Å². The van der Waals surface area contributed by atoms with Gasteiger partial charge in [-0.25, -0.2) is 0 Å². The van der Waals surface area contributed by atoms with E-state index in [0.717, 1.165) is 0 Å². The lowest BCUT2D eigenvalue weighted by molar-refractivity contribution is -0.145. The van der Waals surface area contributed by atoms with Crippen LogP contribution in [0.1, 0.15) is 6.92 Å². The molecular weight excluding hydrogens is 216 g/mol. The Morgan fingerprint density at radius 1 is 1.40 bits per heavy atom. The van der Waals surface area contributed by atoms with Crippen LogP contribution in [0.15, 0.2) is 24.3 Å². The van der Waals surface area contributed by atoms with Gasteiger partial charge in [0.15, 0.2) is 0 Å². The molecule has 15 heavy (non-hydrogen) atoms. The molecule has 0 saturated heterocycles. The molecule has 82 valence electrons. The third-order valence-electron chi connectivity index (χ3n) is 1.92. The molecule has 0 aliphatic carbocycles. The van der Waals surface area contributed by atoms with Crippen LogP contribution in [0.3, 0.4) is 0 Å². The summed E-state index contributed by atoms with van der Waals surface area (Å²) in [6.07, 6.45) is 0. The van der Waals surface area contributed by atoms with Crippen molar-refractivity contribution in [1.29, 1.82) is 0 Å². The van der Waals surface area contributed by atoms with Crippen molar-refractivity contribution in [2.45, 2.75) is 6.92 Å². The Morgan fingerprint density at radius 2 is 2.00 bits per heavy atom. The molecule has 0 N–H and O–H groups in total. The van der Waals surface area contributed by atoms with Gasteiger partial charge in [0, 0.05) is 5.02 Å². The highest BCUT2D eigenvalue weighted by Crippen LogP contribution is 2.16. The molecule has 0 unspecified atom stereocenters. The van der Waals surface area contributed by atoms with Crippen molar-refractivity contribution in [3.8, 4) is 5.75 Å². The van der Waals surface area contributed by atoms with Gasteiger partial charge >= 0.3 is 5.97 Å². The Morgan fingerprint density at radius 3 is 2.53 bits per heavy atom. The van der Waals surface area contributed by atoms with Crippen molar-refractivity contribution in [2.24, 2.45) is 5.92 Å². The van der Waals surface area contributed by atoms with E-state index in [0.29, 0.717) is 17.4 Å². The van der Waals surface area contributed by atoms with E-state index in [1.807, 2.05) is 0 Å². The molecule has 0 fully saturated rings. The zero-order valence-corrected chi connectivity index (χ0v) is 9.45. The van der Waals surface area contributed by atoms with Crippen molar-refractivity contribution in [1.82, 2.24) is 0 Å². The van der Waals surface area contributed by atoms with E-state index in [1.54, 1.807) is 31.2 Å². The van der Waals surface area contributed by atoms with E-state index in [9.17, 15) is 4.79 Å². The first-order valence-electron chi connectivity index (χ1n) is 4.59. The quantitative estimate of drug-likeness (QED) is 0.743. The zero-order valence-electron chi connectivity index (χ0n) is 8.70. The normalized spacial score (nSPS) is 11.9. The summed E-state index contributed by atoms with van der Waals surface area (Å²) >= 11 is 5.72. The third kappa shape index (κ3) is 3.80. The number of methoxy groups -OCH3 is 1. The molecule has 0 saturated carbocycles. The first-order valence-corrected chi connectivity index (χ1v) is 4.97. The van der Waals surface area contributed by atoms with Crippen molar-refractivity contribution < 1.29 is 14.3 Å². The molecule has 0 aliphatic rings. The largest absolute Gasteiger partial charge is 0.493 e. The molecule has 0 bridgehead atoms. The van der Waals surface area contributed by atoms with E-state index in [-0.39, 0.29) is 11.9 Å². The van der Waals surface area contributed by atoms with Crippen molar-refractivity contribution in [3.05, 3.63) is 29.3 Å². The van der Waals surface area contributed by atoms with Gasteiger partial charge in [-0.3, -0.25) is 4.79 Å². The highest BCUT2D eigenvalue weighted by Gasteiger charge is 2.13. The lowest BCUT2D eigenvalue weighted by Gasteiger charge is -2.10. The molecule has 0 radical (unpaired) electrons. The standard InChI is InChI=1S/C11H13ClO3/c1-8(11(13)14-2)7-15-10-5-3-9(12)4-6-10/h3-6,8H,7H2,1-2H3/t8-/m1/s1. The SMILES string of the molecule is COC(=O)[C@H](C)COc1ccc(Cl)cc1. The van der Waals surface area contributed by atoms with Crippen LogP contribution in [0.4, 0.5) is 0 Å². The average molecular weight is 229 g/mol. The van der Waals surface area contributed by atoms with E-state index >= 15 is 0 Å². The van der Waals surface area contributed by atoms with Gasteiger partial charge in [-0.1, -0.05) is 11.6 Å². The van der Waals surface area contributed by atoms with Crippen LogP contribution < -0.4 is 4.74 Å². The maximum Gasteiger partial charge on any atom is 0.311 e. The minimum Gasteiger partial charge on any atom is -0.493 e. The van der Waals surface area contributed by atoms with Gasteiger partial charge in [0.25, 0.3) is 0 Å². The monoisotopic (exact) mass is 228 g/mol. The summed E-state index contributed by atoms with van der Waals surface area (Å²) in [4.78, 5) is 11.1. The fourth-order valence-electron chi connectivity index (χ4n) is 1.02. The highest BCUT2D eigenvalue weighted by atomic mass is 35.5. The summed E-state index contributed by atoms with van der Waals surface area (Å²) in [5.41, 5.74) is 0. The highest BCUT2D eigenvalue weighted by molar-refractivity contribution is 6.30. The van der Waals surface area contributed by atoms with Gasteiger partial charge < -0.3 is 9.47 Å². The lowest BCUT2D eigenvalue weighted by atomic mass is 10.2. The Bertz CT molecular complexity index is 321. The van der Waals surface area contributed by atoms with E-state index in [2.05, 4.69) is 4.74 Å². The molecular formula is C11H13ClO3. The second kappa shape index (κ2) is 5.61. The molecule has 3 nitrogen and oxygen atoms in total. The molecule has 0 spiro atoms. The van der Waals surface area contributed by atoms with Gasteiger partial charge in [-0.15, -0.1) is 0 Å². The van der Waals surface area contributed by atoms with Crippen LogP contribution >= 0.6 is 11.6 Å². The van der Waals surface area contributed by atoms with E-state index in [4.69, 9.17) is 16.3 Å². The summed E-state index contributed by atoms with van der Waals surface area (Å²) in [5, 5.41) is 0.656. The summed E-state index contributed by atoms with van der Waals surface area (Å²) in [5.74, 6) is 0.143. The number of carbonyl (C=O) groups is 1. The first kappa shape index (κ1) is 11.9. The van der Waals surface area contributed by atoms with Crippen LogP contribution in [0, 0.1) is 5.92 Å².